The van der Waals surface area contributed by atoms with Gasteiger partial charge < -0.3 is 20.5 Å². The molecular formula is C17H17N3O4. The fourth-order valence-corrected chi connectivity index (χ4v) is 3.41. The van der Waals surface area contributed by atoms with Crippen LogP contribution < -0.4 is 20.5 Å². The molecule has 1 aromatic heterocycles. The van der Waals surface area contributed by atoms with Crippen LogP contribution in [0.5, 0.6) is 11.6 Å². The Balaban J connectivity index is 1.66. The van der Waals surface area contributed by atoms with Gasteiger partial charge in [0.2, 0.25) is 11.8 Å². The molecule has 24 heavy (non-hydrogen) atoms. The first kappa shape index (κ1) is 14.7. The maximum Gasteiger partial charge on any atom is 0.252 e. The predicted molar refractivity (Wildman–Crippen MR) is 85.9 cm³/mol. The van der Waals surface area contributed by atoms with E-state index in [9.17, 15) is 9.59 Å². The van der Waals surface area contributed by atoms with Crippen molar-refractivity contribution in [3.63, 3.8) is 0 Å². The van der Waals surface area contributed by atoms with Crippen molar-refractivity contribution >= 4 is 22.6 Å². The van der Waals surface area contributed by atoms with E-state index in [0.717, 1.165) is 17.2 Å². The second kappa shape index (κ2) is 5.09. The van der Waals surface area contributed by atoms with Gasteiger partial charge >= 0.3 is 0 Å². The van der Waals surface area contributed by atoms with E-state index in [4.69, 9.17) is 15.2 Å². The van der Waals surface area contributed by atoms with E-state index in [0.29, 0.717) is 36.1 Å². The molecule has 2 amide bonds. The molecule has 4 rings (SSSR count). The van der Waals surface area contributed by atoms with Crippen LogP contribution in [0.1, 0.15) is 23.2 Å². The van der Waals surface area contributed by atoms with Crippen LogP contribution >= 0.6 is 0 Å². The summed E-state index contributed by atoms with van der Waals surface area (Å²) in [7, 11) is 1.48. The molecule has 3 N–H and O–H groups in total. The molecule has 1 unspecified atom stereocenters. The van der Waals surface area contributed by atoms with Crippen LogP contribution in [0.15, 0.2) is 24.4 Å². The van der Waals surface area contributed by atoms with Gasteiger partial charge in [-0.15, -0.1) is 0 Å². The number of carbonyl (C=O) groups is 2. The predicted octanol–water partition coefficient (Wildman–Crippen LogP) is 1.000. The Labute approximate surface area is 138 Å². The standard InChI is InChI=1S/C17H17N3O4/c1-23-13-6-11-9(4-12(13)15(18)22)2-3-19-16(11)24-8-17-7-10(17)5-14(21)20-17/h2-4,6,10H,5,7-8H2,1H3,(H2,18,22)(H,20,21)/t10?,17-/m0/s1. The number of piperidine rings is 1. The second-order valence-electron chi connectivity index (χ2n) is 6.35. The number of nitrogens with one attached hydrogen (secondary N) is 1. The number of primary amides is 1. The summed E-state index contributed by atoms with van der Waals surface area (Å²) in [5.74, 6) is 0.707. The van der Waals surface area contributed by atoms with Gasteiger partial charge in [-0.3, -0.25) is 9.59 Å². The van der Waals surface area contributed by atoms with Gasteiger partial charge in [-0.25, -0.2) is 4.98 Å². The van der Waals surface area contributed by atoms with Crippen molar-refractivity contribution in [2.24, 2.45) is 11.7 Å². The number of pyridine rings is 1. The number of rotatable bonds is 5. The Bertz CT molecular complexity index is 866. The fourth-order valence-electron chi connectivity index (χ4n) is 3.41. The van der Waals surface area contributed by atoms with Gasteiger partial charge in [0.25, 0.3) is 5.91 Å². The summed E-state index contributed by atoms with van der Waals surface area (Å²) in [6, 6.07) is 5.15. The van der Waals surface area contributed by atoms with E-state index in [1.165, 1.54) is 7.11 Å². The van der Waals surface area contributed by atoms with E-state index >= 15 is 0 Å². The van der Waals surface area contributed by atoms with Crippen LogP contribution in [0.4, 0.5) is 0 Å². The first-order valence-corrected chi connectivity index (χ1v) is 7.73. The normalized spacial score (nSPS) is 24.4. The van der Waals surface area contributed by atoms with Crippen molar-refractivity contribution in [3.8, 4) is 11.6 Å². The van der Waals surface area contributed by atoms with Crippen molar-refractivity contribution in [2.75, 3.05) is 13.7 Å². The molecular weight excluding hydrogens is 310 g/mol. The number of fused-ring (bicyclic) bond motifs is 2. The maximum atomic E-state index is 11.5. The molecule has 2 aromatic rings. The minimum Gasteiger partial charge on any atom is -0.496 e. The number of ether oxygens (including phenoxy) is 2. The fraction of sp³-hybridized carbons (Fsp3) is 0.353. The van der Waals surface area contributed by atoms with Crippen molar-refractivity contribution < 1.29 is 19.1 Å². The number of hydrogen-bond donors (Lipinski definition) is 2. The van der Waals surface area contributed by atoms with Crippen molar-refractivity contribution in [2.45, 2.75) is 18.4 Å². The lowest BCUT2D eigenvalue weighted by Crippen LogP contribution is -2.37. The van der Waals surface area contributed by atoms with Crippen molar-refractivity contribution in [3.05, 3.63) is 30.0 Å². The first-order chi connectivity index (χ1) is 11.5. The highest BCUT2D eigenvalue weighted by atomic mass is 16.5. The molecule has 7 heteroatoms. The maximum absolute atomic E-state index is 11.5. The number of hydrogen-bond acceptors (Lipinski definition) is 5. The lowest BCUT2D eigenvalue weighted by atomic mass is 10.1. The Morgan fingerprint density at radius 3 is 3.00 bits per heavy atom. The quantitative estimate of drug-likeness (QED) is 0.852. The third kappa shape index (κ3) is 2.24. The number of nitrogens with zero attached hydrogens (tertiary/aromatic N) is 1. The molecule has 124 valence electrons. The summed E-state index contributed by atoms with van der Waals surface area (Å²) >= 11 is 0. The molecule has 0 spiro atoms. The van der Waals surface area contributed by atoms with Crippen LogP contribution in [-0.4, -0.2) is 36.1 Å². The highest BCUT2D eigenvalue weighted by molar-refractivity contribution is 6.01. The average molecular weight is 327 g/mol. The molecule has 7 nitrogen and oxygen atoms in total. The lowest BCUT2D eigenvalue weighted by molar-refractivity contribution is -0.120. The Kier molecular flexibility index (Phi) is 3.13. The summed E-state index contributed by atoms with van der Waals surface area (Å²) in [6.45, 7) is 0.384. The van der Waals surface area contributed by atoms with Gasteiger partial charge in [0.15, 0.2) is 0 Å². The largest absolute Gasteiger partial charge is 0.496 e. The summed E-state index contributed by atoms with van der Waals surface area (Å²) in [5.41, 5.74) is 5.46. The van der Waals surface area contributed by atoms with Crippen molar-refractivity contribution in [1.82, 2.24) is 10.3 Å². The van der Waals surface area contributed by atoms with E-state index in [1.54, 1.807) is 24.4 Å². The minimum absolute atomic E-state index is 0.0773. The molecule has 1 saturated carbocycles. The minimum atomic E-state index is -0.554. The number of benzene rings is 1. The van der Waals surface area contributed by atoms with Gasteiger partial charge in [0.05, 0.1) is 18.2 Å². The van der Waals surface area contributed by atoms with Crippen molar-refractivity contribution in [1.29, 1.82) is 0 Å². The topological polar surface area (TPSA) is 104 Å². The number of methoxy groups -OCH3 is 1. The number of nitrogens with two attached hydrogens (primary N) is 1. The van der Waals surface area contributed by atoms with Crippen LogP contribution in [-0.2, 0) is 4.79 Å². The molecule has 2 atom stereocenters. The summed E-state index contributed by atoms with van der Waals surface area (Å²) in [6.07, 6.45) is 3.13. The summed E-state index contributed by atoms with van der Waals surface area (Å²) in [5, 5.41) is 4.51. The molecule has 2 aliphatic rings. The second-order valence-corrected chi connectivity index (χ2v) is 6.35. The van der Waals surface area contributed by atoms with Gasteiger partial charge in [-0.2, -0.15) is 0 Å². The number of aromatic nitrogens is 1. The smallest absolute Gasteiger partial charge is 0.252 e. The van der Waals surface area contributed by atoms with Crippen LogP contribution in [0.2, 0.25) is 0 Å². The SMILES string of the molecule is COc1cc2c(OC[C@@]34CC3CC(=O)N4)nccc2cc1C(N)=O. The Morgan fingerprint density at radius 2 is 2.33 bits per heavy atom. The average Bonchev–Trinajstić information content (AvgIpc) is 3.13. The monoisotopic (exact) mass is 327 g/mol. The zero-order valence-electron chi connectivity index (χ0n) is 13.2. The Hall–Kier alpha value is -2.83. The zero-order valence-corrected chi connectivity index (χ0v) is 13.2. The highest BCUT2D eigenvalue weighted by Gasteiger charge is 2.61. The molecule has 2 heterocycles. The highest BCUT2D eigenvalue weighted by Crippen LogP contribution is 2.50. The Morgan fingerprint density at radius 1 is 1.50 bits per heavy atom. The van der Waals surface area contributed by atoms with Crippen LogP contribution in [0, 0.1) is 5.92 Å². The molecule has 1 saturated heterocycles. The lowest BCUT2D eigenvalue weighted by Gasteiger charge is -2.16. The molecule has 0 bridgehead atoms. The van der Waals surface area contributed by atoms with Crippen LogP contribution in [0.3, 0.4) is 0 Å². The van der Waals surface area contributed by atoms with E-state index in [-0.39, 0.29) is 11.4 Å². The van der Waals surface area contributed by atoms with E-state index in [2.05, 4.69) is 10.3 Å². The zero-order chi connectivity index (χ0) is 16.9. The number of amides is 2. The third-order valence-electron chi connectivity index (χ3n) is 4.83. The summed E-state index contributed by atoms with van der Waals surface area (Å²) < 4.78 is 11.1. The van der Waals surface area contributed by atoms with Gasteiger partial charge in [-0.1, -0.05) is 0 Å². The third-order valence-corrected chi connectivity index (χ3v) is 4.83. The van der Waals surface area contributed by atoms with Crippen LogP contribution in [0.25, 0.3) is 10.8 Å². The molecule has 0 radical (unpaired) electrons. The molecule has 1 aliphatic carbocycles. The van der Waals surface area contributed by atoms with Gasteiger partial charge in [0, 0.05) is 18.0 Å². The molecule has 1 aromatic carbocycles. The molecule has 1 aliphatic heterocycles. The first-order valence-electron chi connectivity index (χ1n) is 7.73. The number of carbonyl (C=O) groups excluding carboxylic acids is 2. The summed E-state index contributed by atoms with van der Waals surface area (Å²) in [4.78, 5) is 27.3. The van der Waals surface area contributed by atoms with Gasteiger partial charge in [-0.05, 0) is 35.9 Å². The van der Waals surface area contributed by atoms with E-state index in [1.807, 2.05) is 0 Å². The van der Waals surface area contributed by atoms with Gasteiger partial charge in [0.1, 0.15) is 12.4 Å². The van der Waals surface area contributed by atoms with E-state index < -0.39 is 5.91 Å². The molecule has 2 fully saturated rings.